The number of fused-ring (bicyclic) bond motifs is 2. The molecule has 0 bridgehead atoms. The van der Waals surface area contributed by atoms with Crippen molar-refractivity contribution in [3.63, 3.8) is 0 Å². The largest absolute Gasteiger partial charge is 0.361 e. The summed E-state index contributed by atoms with van der Waals surface area (Å²) in [6.07, 6.45) is 4.29. The summed E-state index contributed by atoms with van der Waals surface area (Å²) in [6.45, 7) is 4.00. The van der Waals surface area contributed by atoms with Crippen molar-refractivity contribution in [3.8, 4) is 0 Å². The highest BCUT2D eigenvalue weighted by molar-refractivity contribution is 5.95. The summed E-state index contributed by atoms with van der Waals surface area (Å²) >= 11 is 0. The van der Waals surface area contributed by atoms with Crippen molar-refractivity contribution < 1.29 is 9.18 Å². The third kappa shape index (κ3) is 4.16. The predicted molar refractivity (Wildman–Crippen MR) is 120 cm³/mol. The van der Waals surface area contributed by atoms with Gasteiger partial charge in [-0.05, 0) is 61.8 Å². The molecule has 1 aliphatic rings. The van der Waals surface area contributed by atoms with E-state index in [0.29, 0.717) is 18.8 Å². The highest BCUT2D eigenvalue weighted by atomic mass is 19.1. The average molecular weight is 417 g/mol. The van der Waals surface area contributed by atoms with Crippen LogP contribution in [-0.4, -0.2) is 51.9 Å². The Kier molecular flexibility index (Phi) is 5.38. The Hall–Kier alpha value is -3.25. The third-order valence-corrected chi connectivity index (χ3v) is 6.08. The van der Waals surface area contributed by atoms with Gasteiger partial charge in [0.1, 0.15) is 11.5 Å². The first kappa shape index (κ1) is 19.7. The van der Waals surface area contributed by atoms with Crippen LogP contribution in [0.1, 0.15) is 28.9 Å². The van der Waals surface area contributed by atoms with Gasteiger partial charge in [0.15, 0.2) is 0 Å². The molecule has 1 amide bonds. The van der Waals surface area contributed by atoms with Crippen molar-refractivity contribution in [2.75, 3.05) is 26.2 Å². The second kappa shape index (κ2) is 8.47. The van der Waals surface area contributed by atoms with E-state index in [2.05, 4.69) is 14.9 Å². The lowest BCUT2D eigenvalue weighted by Gasteiger charge is -2.25. The number of hydrogen-bond donors (Lipinski definition) is 1. The Bertz CT molecular complexity index is 1230. The Morgan fingerprint density at radius 2 is 1.94 bits per heavy atom. The van der Waals surface area contributed by atoms with Gasteiger partial charge in [-0.2, -0.15) is 0 Å². The lowest BCUT2D eigenvalue weighted by molar-refractivity contribution is 0.0722. The number of nitrogens with zero attached hydrogens (tertiary/aromatic N) is 3. The molecule has 0 aliphatic carbocycles. The van der Waals surface area contributed by atoms with Crippen LogP contribution in [-0.2, 0) is 6.54 Å². The Morgan fingerprint density at radius 3 is 2.81 bits per heavy atom. The van der Waals surface area contributed by atoms with Crippen LogP contribution in [0.15, 0.2) is 60.8 Å². The molecule has 1 saturated heterocycles. The van der Waals surface area contributed by atoms with Gasteiger partial charge in [0.05, 0.1) is 5.52 Å². The molecule has 0 unspecified atom stereocenters. The number of halogens is 1. The van der Waals surface area contributed by atoms with Crippen LogP contribution in [0.2, 0.25) is 0 Å². The number of likely N-dealkylation sites (tertiary alicyclic amines) is 1. The maximum Gasteiger partial charge on any atom is 0.272 e. The number of aromatic amines is 1. The van der Waals surface area contributed by atoms with Crippen molar-refractivity contribution >= 4 is 27.7 Å². The van der Waals surface area contributed by atoms with Crippen LogP contribution in [0, 0.1) is 5.82 Å². The van der Waals surface area contributed by atoms with E-state index < -0.39 is 0 Å². The van der Waals surface area contributed by atoms with Crippen LogP contribution in [0.3, 0.4) is 0 Å². The summed E-state index contributed by atoms with van der Waals surface area (Å²) in [6, 6.07) is 16.2. The Balaban J connectivity index is 1.44. The van der Waals surface area contributed by atoms with Crippen molar-refractivity contribution in [2.24, 2.45) is 0 Å². The molecule has 1 aliphatic heterocycles. The van der Waals surface area contributed by atoms with Crippen LogP contribution in [0.5, 0.6) is 0 Å². The van der Waals surface area contributed by atoms with Gasteiger partial charge in [0, 0.05) is 42.1 Å². The molecule has 4 aromatic rings. The fourth-order valence-corrected chi connectivity index (χ4v) is 4.35. The molecule has 31 heavy (non-hydrogen) atoms. The minimum Gasteiger partial charge on any atom is -0.361 e. The van der Waals surface area contributed by atoms with Crippen LogP contribution >= 0.6 is 0 Å². The summed E-state index contributed by atoms with van der Waals surface area (Å²) in [5.41, 5.74) is 3.02. The molecule has 2 aromatic carbocycles. The van der Waals surface area contributed by atoms with Gasteiger partial charge in [0.2, 0.25) is 0 Å². The van der Waals surface area contributed by atoms with Gasteiger partial charge < -0.3 is 14.8 Å². The van der Waals surface area contributed by atoms with Crippen LogP contribution < -0.4 is 0 Å². The number of H-pyrrole nitrogens is 1. The quantitative estimate of drug-likeness (QED) is 0.500. The van der Waals surface area contributed by atoms with E-state index in [-0.39, 0.29) is 11.7 Å². The van der Waals surface area contributed by atoms with E-state index >= 15 is 0 Å². The second-order valence-corrected chi connectivity index (χ2v) is 8.17. The zero-order valence-corrected chi connectivity index (χ0v) is 17.4. The molecule has 2 aromatic heterocycles. The lowest BCUT2D eigenvalue weighted by atomic mass is 10.1. The predicted octanol–water partition coefficient (Wildman–Crippen LogP) is 4.59. The molecule has 158 valence electrons. The molecule has 1 N–H and O–H groups in total. The number of para-hydroxylation sites is 1. The molecule has 5 rings (SSSR count). The number of benzene rings is 2. The number of hydrogen-bond acceptors (Lipinski definition) is 3. The van der Waals surface area contributed by atoms with Gasteiger partial charge in [-0.1, -0.05) is 24.3 Å². The number of rotatable bonds is 6. The molecule has 0 spiro atoms. The van der Waals surface area contributed by atoms with E-state index in [1.807, 2.05) is 41.4 Å². The molecule has 1 fully saturated rings. The van der Waals surface area contributed by atoms with Gasteiger partial charge in [-0.25, -0.2) is 9.37 Å². The molecule has 3 heterocycles. The van der Waals surface area contributed by atoms with Gasteiger partial charge in [0.25, 0.3) is 5.91 Å². The van der Waals surface area contributed by atoms with E-state index in [0.717, 1.165) is 47.0 Å². The van der Waals surface area contributed by atoms with E-state index in [9.17, 15) is 9.18 Å². The number of aromatic nitrogens is 2. The Morgan fingerprint density at radius 1 is 1.10 bits per heavy atom. The minimum atomic E-state index is -0.278. The topological polar surface area (TPSA) is 52.2 Å². The van der Waals surface area contributed by atoms with Gasteiger partial charge in [-0.15, -0.1) is 0 Å². The molecule has 0 atom stereocenters. The van der Waals surface area contributed by atoms with Crippen molar-refractivity contribution in [2.45, 2.75) is 19.4 Å². The Labute approximate surface area is 180 Å². The normalized spacial score (nSPS) is 14.5. The fraction of sp³-hybridized carbons (Fsp3) is 0.280. The smallest absolute Gasteiger partial charge is 0.272 e. The molecular formula is C25H25FN4O. The minimum absolute atomic E-state index is 0.101. The first-order chi connectivity index (χ1) is 15.2. The number of carbonyl (C=O) groups excluding carboxylic acids is 1. The van der Waals surface area contributed by atoms with Gasteiger partial charge in [-0.3, -0.25) is 4.79 Å². The average Bonchev–Trinajstić information content (AvgIpc) is 3.45. The lowest BCUT2D eigenvalue weighted by Crippen LogP contribution is -2.37. The second-order valence-electron chi connectivity index (χ2n) is 8.17. The first-order valence-electron chi connectivity index (χ1n) is 10.8. The third-order valence-electron chi connectivity index (χ3n) is 6.08. The maximum absolute atomic E-state index is 13.8. The molecular weight excluding hydrogens is 391 g/mol. The summed E-state index contributed by atoms with van der Waals surface area (Å²) in [5, 5.41) is 1.82. The van der Waals surface area contributed by atoms with Crippen LogP contribution in [0.25, 0.3) is 21.8 Å². The summed E-state index contributed by atoms with van der Waals surface area (Å²) < 4.78 is 13.8. The van der Waals surface area contributed by atoms with E-state index in [1.165, 1.54) is 25.0 Å². The molecule has 0 saturated carbocycles. The molecule has 6 heteroatoms. The first-order valence-corrected chi connectivity index (χ1v) is 10.8. The summed E-state index contributed by atoms with van der Waals surface area (Å²) in [5.74, 6) is -0.379. The van der Waals surface area contributed by atoms with Crippen molar-refractivity contribution in [1.82, 2.24) is 19.8 Å². The summed E-state index contributed by atoms with van der Waals surface area (Å²) in [7, 11) is 0. The molecule has 0 radical (unpaired) electrons. The van der Waals surface area contributed by atoms with E-state index in [4.69, 9.17) is 0 Å². The van der Waals surface area contributed by atoms with Crippen molar-refractivity contribution in [1.29, 1.82) is 0 Å². The number of nitrogens with one attached hydrogen (secondary N) is 1. The maximum atomic E-state index is 13.8. The van der Waals surface area contributed by atoms with Crippen molar-refractivity contribution in [3.05, 3.63) is 77.9 Å². The number of carbonyl (C=O) groups is 1. The van der Waals surface area contributed by atoms with E-state index in [1.54, 1.807) is 12.1 Å². The van der Waals surface area contributed by atoms with Gasteiger partial charge >= 0.3 is 0 Å². The number of amides is 1. The SMILES string of the molecule is O=C(c1ccc2ccccc2n1)N(CCN1CCCC1)Cc1c[nH]c2ccc(F)cc12. The zero-order chi connectivity index (χ0) is 21.2. The molecule has 5 nitrogen and oxygen atoms in total. The highest BCUT2D eigenvalue weighted by Crippen LogP contribution is 2.22. The summed E-state index contributed by atoms with van der Waals surface area (Å²) in [4.78, 5) is 25.5. The highest BCUT2D eigenvalue weighted by Gasteiger charge is 2.21. The monoisotopic (exact) mass is 416 g/mol. The zero-order valence-electron chi connectivity index (χ0n) is 17.4. The fourth-order valence-electron chi connectivity index (χ4n) is 4.35. The standard InChI is InChI=1S/C25H25FN4O/c26-20-8-10-23-21(15-20)19(16-27-23)17-30(14-13-29-11-3-4-12-29)25(31)24-9-7-18-5-1-2-6-22(18)28-24/h1-2,5-10,15-16,27H,3-4,11-14,17H2. The van der Waals surface area contributed by atoms with Crippen LogP contribution in [0.4, 0.5) is 4.39 Å². The number of pyridine rings is 1.